The predicted molar refractivity (Wildman–Crippen MR) is 79.6 cm³/mol. The Morgan fingerprint density at radius 2 is 1.94 bits per heavy atom. The topological polar surface area (TPSA) is 26.0 Å². The Hall–Kier alpha value is -0.640. The number of nitrogens with two attached hydrogens (primary N) is 1. The van der Waals surface area contributed by atoms with Gasteiger partial charge in [-0.3, -0.25) is 0 Å². The van der Waals surface area contributed by atoms with Crippen molar-refractivity contribution in [1.82, 2.24) is 0 Å². The van der Waals surface area contributed by atoms with Crippen LogP contribution in [0.3, 0.4) is 0 Å². The van der Waals surface area contributed by atoms with E-state index in [1.54, 1.807) is 11.8 Å². The monoisotopic (exact) mass is 327 g/mol. The van der Waals surface area contributed by atoms with Gasteiger partial charge >= 0.3 is 0 Å². The summed E-state index contributed by atoms with van der Waals surface area (Å²) in [5, 5.41) is 0.795. The molecule has 0 aliphatic rings. The molecular weight excluding hydrogens is 318 g/mol. The molecule has 1 nitrogen and oxygen atoms in total. The van der Waals surface area contributed by atoms with Crippen LogP contribution in [0.4, 0.5) is 5.69 Å². The molecule has 0 saturated heterocycles. The molecule has 0 aliphatic heterocycles. The number of anilines is 1. The van der Waals surface area contributed by atoms with Gasteiger partial charge in [-0.1, -0.05) is 45.7 Å². The number of rotatable bonds is 3. The molecule has 0 fully saturated rings. The van der Waals surface area contributed by atoms with Crippen LogP contribution in [0.2, 0.25) is 5.02 Å². The van der Waals surface area contributed by atoms with Gasteiger partial charge in [-0.25, -0.2) is 0 Å². The molecule has 0 bridgehead atoms. The van der Waals surface area contributed by atoms with Crippen LogP contribution in [0.15, 0.2) is 51.8 Å². The molecule has 0 radical (unpaired) electrons. The SMILES string of the molecule is Nc1ccc(CSc2ccccc2Cl)c(Br)c1. The van der Waals surface area contributed by atoms with Gasteiger partial charge in [0.1, 0.15) is 0 Å². The third kappa shape index (κ3) is 3.41. The van der Waals surface area contributed by atoms with Crippen molar-refractivity contribution in [2.24, 2.45) is 0 Å². The van der Waals surface area contributed by atoms with E-state index in [9.17, 15) is 0 Å². The Kier molecular flexibility index (Phi) is 4.37. The fourth-order valence-corrected chi connectivity index (χ4v) is 3.36. The number of hydrogen-bond donors (Lipinski definition) is 1. The van der Waals surface area contributed by atoms with Gasteiger partial charge in [-0.2, -0.15) is 0 Å². The summed E-state index contributed by atoms with van der Waals surface area (Å²) in [6, 6.07) is 13.7. The van der Waals surface area contributed by atoms with E-state index in [2.05, 4.69) is 15.9 Å². The van der Waals surface area contributed by atoms with Crippen molar-refractivity contribution in [2.45, 2.75) is 10.6 Å². The highest BCUT2D eigenvalue weighted by Gasteiger charge is 2.03. The molecule has 0 atom stereocenters. The van der Waals surface area contributed by atoms with Gasteiger partial charge < -0.3 is 5.73 Å². The molecule has 0 heterocycles. The highest BCUT2D eigenvalue weighted by atomic mass is 79.9. The van der Waals surface area contributed by atoms with E-state index in [-0.39, 0.29) is 0 Å². The second-order valence-electron chi connectivity index (χ2n) is 3.57. The molecule has 4 heteroatoms. The number of halogens is 2. The first-order valence-corrected chi connectivity index (χ1v) is 7.23. The lowest BCUT2D eigenvalue weighted by Gasteiger charge is -2.06. The summed E-state index contributed by atoms with van der Waals surface area (Å²) < 4.78 is 1.04. The normalized spacial score (nSPS) is 10.5. The fourth-order valence-electron chi connectivity index (χ4n) is 1.40. The van der Waals surface area contributed by atoms with Crippen molar-refractivity contribution < 1.29 is 0 Å². The van der Waals surface area contributed by atoms with Crippen LogP contribution in [0, 0.1) is 0 Å². The maximum Gasteiger partial charge on any atom is 0.0541 e. The van der Waals surface area contributed by atoms with E-state index in [0.29, 0.717) is 0 Å². The molecule has 0 amide bonds. The fraction of sp³-hybridized carbons (Fsp3) is 0.0769. The minimum Gasteiger partial charge on any atom is -0.399 e. The summed E-state index contributed by atoms with van der Waals surface area (Å²) in [6.07, 6.45) is 0. The molecule has 2 aromatic rings. The summed E-state index contributed by atoms with van der Waals surface area (Å²) in [6.45, 7) is 0. The van der Waals surface area contributed by atoms with Crippen molar-refractivity contribution >= 4 is 45.0 Å². The average Bonchev–Trinajstić information content (AvgIpc) is 2.30. The summed E-state index contributed by atoms with van der Waals surface area (Å²) in [5.74, 6) is 0.866. The first kappa shape index (κ1) is 12.8. The first-order valence-electron chi connectivity index (χ1n) is 5.08. The minimum absolute atomic E-state index is 0.767. The summed E-state index contributed by atoms with van der Waals surface area (Å²) in [5.41, 5.74) is 7.68. The molecule has 2 rings (SSSR count). The van der Waals surface area contributed by atoms with Gasteiger partial charge in [-0.15, -0.1) is 11.8 Å². The molecule has 0 saturated carbocycles. The quantitative estimate of drug-likeness (QED) is 0.635. The first-order chi connectivity index (χ1) is 8.16. The van der Waals surface area contributed by atoms with Crippen molar-refractivity contribution in [1.29, 1.82) is 0 Å². The van der Waals surface area contributed by atoms with Crippen molar-refractivity contribution in [3.8, 4) is 0 Å². The predicted octanol–water partition coefficient (Wildman–Crippen LogP) is 4.98. The third-order valence-corrected chi connectivity index (χ3v) is 4.60. The zero-order valence-corrected chi connectivity index (χ0v) is 12.1. The number of thioether (sulfide) groups is 1. The summed E-state index contributed by atoms with van der Waals surface area (Å²) >= 11 is 11.3. The van der Waals surface area contributed by atoms with Crippen LogP contribution in [0.25, 0.3) is 0 Å². The van der Waals surface area contributed by atoms with Crippen molar-refractivity contribution in [3.63, 3.8) is 0 Å². The molecule has 2 aromatic carbocycles. The van der Waals surface area contributed by atoms with Gasteiger partial charge in [0.25, 0.3) is 0 Å². The average molecular weight is 329 g/mol. The Labute approximate surface area is 118 Å². The van der Waals surface area contributed by atoms with E-state index in [1.165, 1.54) is 5.56 Å². The highest BCUT2D eigenvalue weighted by Crippen LogP contribution is 2.32. The van der Waals surface area contributed by atoms with Crippen LogP contribution < -0.4 is 5.73 Å². The maximum atomic E-state index is 6.10. The second-order valence-corrected chi connectivity index (χ2v) is 5.85. The molecule has 88 valence electrons. The number of nitrogen functional groups attached to an aromatic ring is 1. The van der Waals surface area contributed by atoms with Gasteiger partial charge in [0.05, 0.1) is 5.02 Å². The number of hydrogen-bond acceptors (Lipinski definition) is 2. The largest absolute Gasteiger partial charge is 0.399 e. The molecule has 2 N–H and O–H groups in total. The van der Waals surface area contributed by atoms with Crippen LogP contribution in [0.1, 0.15) is 5.56 Å². The standard InChI is InChI=1S/C13H11BrClNS/c14-11-7-10(16)6-5-9(11)8-17-13-4-2-1-3-12(13)15/h1-7H,8,16H2. The second kappa shape index (κ2) is 5.80. The van der Waals surface area contributed by atoms with Gasteiger partial charge in [-0.05, 0) is 29.8 Å². The highest BCUT2D eigenvalue weighted by molar-refractivity contribution is 9.10. The van der Waals surface area contributed by atoms with Crippen LogP contribution >= 0.6 is 39.3 Å². The molecule has 0 aromatic heterocycles. The lowest BCUT2D eigenvalue weighted by molar-refractivity contribution is 1.36. The number of benzene rings is 2. The molecule has 17 heavy (non-hydrogen) atoms. The lowest BCUT2D eigenvalue weighted by atomic mass is 10.2. The smallest absolute Gasteiger partial charge is 0.0541 e. The van der Waals surface area contributed by atoms with Gasteiger partial charge in [0, 0.05) is 20.8 Å². The summed E-state index contributed by atoms with van der Waals surface area (Å²) in [4.78, 5) is 1.10. The van der Waals surface area contributed by atoms with Crippen molar-refractivity contribution in [3.05, 3.63) is 57.5 Å². The van der Waals surface area contributed by atoms with Gasteiger partial charge in [0.15, 0.2) is 0 Å². The van der Waals surface area contributed by atoms with Crippen LogP contribution in [-0.4, -0.2) is 0 Å². The minimum atomic E-state index is 0.767. The molecule has 0 aliphatic carbocycles. The molecular formula is C13H11BrClNS. The van der Waals surface area contributed by atoms with E-state index < -0.39 is 0 Å². The third-order valence-electron chi connectivity index (χ3n) is 2.30. The van der Waals surface area contributed by atoms with Gasteiger partial charge in [0.2, 0.25) is 0 Å². The zero-order valence-electron chi connectivity index (χ0n) is 8.99. The van der Waals surface area contributed by atoms with E-state index in [0.717, 1.165) is 25.8 Å². The maximum absolute atomic E-state index is 6.10. The Morgan fingerprint density at radius 3 is 2.65 bits per heavy atom. The Morgan fingerprint density at radius 1 is 1.18 bits per heavy atom. The lowest BCUT2D eigenvalue weighted by Crippen LogP contribution is -1.88. The molecule has 0 unspecified atom stereocenters. The molecule has 0 spiro atoms. The Bertz CT molecular complexity index is 531. The summed E-state index contributed by atoms with van der Waals surface area (Å²) in [7, 11) is 0. The van der Waals surface area contributed by atoms with E-state index >= 15 is 0 Å². The van der Waals surface area contributed by atoms with E-state index in [1.807, 2.05) is 42.5 Å². The zero-order chi connectivity index (χ0) is 12.3. The van der Waals surface area contributed by atoms with E-state index in [4.69, 9.17) is 17.3 Å². The van der Waals surface area contributed by atoms with Crippen molar-refractivity contribution in [2.75, 3.05) is 5.73 Å². The van der Waals surface area contributed by atoms with Crippen LogP contribution in [0.5, 0.6) is 0 Å². The van der Waals surface area contributed by atoms with Crippen LogP contribution in [-0.2, 0) is 5.75 Å². The Balaban J connectivity index is 2.10.